The van der Waals surface area contributed by atoms with Gasteiger partial charge in [-0.1, -0.05) is 13.0 Å². The van der Waals surface area contributed by atoms with Gasteiger partial charge in [-0.3, -0.25) is 4.79 Å². The Morgan fingerprint density at radius 3 is 2.79 bits per heavy atom. The minimum Gasteiger partial charge on any atom is -0.489 e. The Labute approximate surface area is 119 Å². The summed E-state index contributed by atoms with van der Waals surface area (Å²) in [5.74, 6) is 0.579. The smallest absolute Gasteiger partial charge is 0.228 e. The molecule has 0 heterocycles. The maximum absolute atomic E-state index is 11.8. The molecule has 0 aliphatic carbocycles. The molecular weight excluding hydrogens is 266 g/mol. The number of amides is 1. The van der Waals surface area contributed by atoms with Crippen LogP contribution < -0.4 is 10.1 Å². The van der Waals surface area contributed by atoms with Gasteiger partial charge in [0.25, 0.3) is 0 Å². The van der Waals surface area contributed by atoms with Crippen LogP contribution >= 0.6 is 11.6 Å². The Hall–Kier alpha value is -1.26. The number of methoxy groups -OCH3 is 1. The molecule has 0 spiro atoms. The fourth-order valence-corrected chi connectivity index (χ4v) is 1.55. The van der Waals surface area contributed by atoms with E-state index in [1.165, 1.54) is 0 Å². The van der Waals surface area contributed by atoms with E-state index in [-0.39, 0.29) is 17.7 Å². The SMILES string of the molecule is COCCOc1cc(C)ccc1NC(=O)C(C)CCl. The van der Waals surface area contributed by atoms with Gasteiger partial charge in [-0.05, 0) is 24.6 Å². The molecule has 19 heavy (non-hydrogen) atoms. The van der Waals surface area contributed by atoms with Crippen molar-refractivity contribution in [1.29, 1.82) is 0 Å². The summed E-state index contributed by atoms with van der Waals surface area (Å²) in [7, 11) is 1.62. The lowest BCUT2D eigenvalue weighted by molar-refractivity contribution is -0.118. The second kappa shape index (κ2) is 8.02. The van der Waals surface area contributed by atoms with Crippen molar-refractivity contribution in [2.24, 2.45) is 5.92 Å². The highest BCUT2D eigenvalue weighted by atomic mass is 35.5. The summed E-state index contributed by atoms with van der Waals surface area (Å²) >= 11 is 5.67. The molecular formula is C14H20ClNO3. The van der Waals surface area contributed by atoms with Crippen molar-refractivity contribution >= 4 is 23.2 Å². The molecule has 0 saturated heterocycles. The molecule has 1 amide bonds. The van der Waals surface area contributed by atoms with Crippen LogP contribution in [0.2, 0.25) is 0 Å². The molecule has 106 valence electrons. The molecule has 0 aliphatic rings. The third-order valence-electron chi connectivity index (χ3n) is 2.62. The number of nitrogens with one attached hydrogen (secondary N) is 1. The largest absolute Gasteiger partial charge is 0.489 e. The number of hydrogen-bond acceptors (Lipinski definition) is 3. The van der Waals surface area contributed by atoms with Gasteiger partial charge in [0, 0.05) is 18.9 Å². The first-order valence-electron chi connectivity index (χ1n) is 6.17. The van der Waals surface area contributed by atoms with E-state index in [1.54, 1.807) is 14.0 Å². The van der Waals surface area contributed by atoms with E-state index in [2.05, 4.69) is 5.32 Å². The zero-order valence-electron chi connectivity index (χ0n) is 11.5. The number of benzene rings is 1. The second-order valence-corrected chi connectivity index (χ2v) is 4.69. The highest BCUT2D eigenvalue weighted by Gasteiger charge is 2.14. The predicted octanol–water partition coefficient (Wildman–Crippen LogP) is 2.83. The van der Waals surface area contributed by atoms with Gasteiger partial charge in [-0.2, -0.15) is 0 Å². The highest BCUT2D eigenvalue weighted by molar-refractivity contribution is 6.19. The van der Waals surface area contributed by atoms with E-state index in [0.717, 1.165) is 5.56 Å². The normalized spacial score (nSPS) is 12.0. The van der Waals surface area contributed by atoms with Crippen LogP contribution in [-0.4, -0.2) is 32.1 Å². The minimum absolute atomic E-state index is 0.115. The lowest BCUT2D eigenvalue weighted by Gasteiger charge is -2.15. The van der Waals surface area contributed by atoms with Crippen LogP contribution in [0.3, 0.4) is 0 Å². The van der Waals surface area contributed by atoms with Gasteiger partial charge in [-0.25, -0.2) is 0 Å². The van der Waals surface area contributed by atoms with Crippen LogP contribution in [0.4, 0.5) is 5.69 Å². The Morgan fingerprint density at radius 2 is 2.16 bits per heavy atom. The summed E-state index contributed by atoms with van der Waals surface area (Å²) in [4.78, 5) is 11.8. The highest BCUT2D eigenvalue weighted by Crippen LogP contribution is 2.26. The van der Waals surface area contributed by atoms with Gasteiger partial charge in [0.1, 0.15) is 12.4 Å². The van der Waals surface area contributed by atoms with E-state index in [9.17, 15) is 4.79 Å². The second-order valence-electron chi connectivity index (χ2n) is 4.39. The molecule has 1 aromatic carbocycles. The van der Waals surface area contributed by atoms with Crippen LogP contribution in [0.15, 0.2) is 18.2 Å². The molecule has 0 fully saturated rings. The number of carbonyl (C=O) groups is 1. The number of alkyl halides is 1. The van der Waals surface area contributed by atoms with Crippen LogP contribution in [0.1, 0.15) is 12.5 Å². The van der Waals surface area contributed by atoms with Crippen molar-refractivity contribution in [3.63, 3.8) is 0 Å². The van der Waals surface area contributed by atoms with E-state index in [0.29, 0.717) is 24.7 Å². The van der Waals surface area contributed by atoms with E-state index in [4.69, 9.17) is 21.1 Å². The Morgan fingerprint density at radius 1 is 1.42 bits per heavy atom. The molecule has 1 rings (SSSR count). The van der Waals surface area contributed by atoms with Crippen LogP contribution in [-0.2, 0) is 9.53 Å². The van der Waals surface area contributed by atoms with Gasteiger partial charge in [0.2, 0.25) is 5.91 Å². The molecule has 0 aromatic heterocycles. The number of hydrogen-bond donors (Lipinski definition) is 1. The number of rotatable bonds is 7. The van der Waals surface area contributed by atoms with Gasteiger partial charge in [0.15, 0.2) is 0 Å². The quantitative estimate of drug-likeness (QED) is 0.619. The number of halogens is 1. The minimum atomic E-state index is -0.241. The lowest BCUT2D eigenvalue weighted by Crippen LogP contribution is -2.22. The van der Waals surface area contributed by atoms with Crippen LogP contribution in [0.5, 0.6) is 5.75 Å². The first-order valence-corrected chi connectivity index (χ1v) is 6.71. The monoisotopic (exact) mass is 285 g/mol. The third kappa shape index (κ3) is 5.09. The predicted molar refractivity (Wildman–Crippen MR) is 77.1 cm³/mol. The fourth-order valence-electron chi connectivity index (χ4n) is 1.41. The molecule has 1 aromatic rings. The van der Waals surface area contributed by atoms with E-state index >= 15 is 0 Å². The maximum Gasteiger partial charge on any atom is 0.228 e. The average Bonchev–Trinajstić information content (AvgIpc) is 2.40. The maximum atomic E-state index is 11.8. The molecule has 1 atom stereocenters. The fraction of sp³-hybridized carbons (Fsp3) is 0.500. The van der Waals surface area contributed by atoms with E-state index < -0.39 is 0 Å². The number of ether oxygens (including phenoxy) is 2. The number of anilines is 1. The van der Waals surface area contributed by atoms with Crippen molar-refractivity contribution in [3.8, 4) is 5.75 Å². The summed E-state index contributed by atoms with van der Waals surface area (Å²) in [6, 6.07) is 5.64. The van der Waals surface area contributed by atoms with Crippen LogP contribution in [0.25, 0.3) is 0 Å². The van der Waals surface area contributed by atoms with Crippen molar-refractivity contribution in [3.05, 3.63) is 23.8 Å². The Kier molecular flexibility index (Phi) is 6.67. The zero-order chi connectivity index (χ0) is 14.3. The molecule has 0 bridgehead atoms. The van der Waals surface area contributed by atoms with Crippen molar-refractivity contribution in [1.82, 2.24) is 0 Å². The molecule has 0 radical (unpaired) electrons. The number of carbonyl (C=O) groups excluding carboxylic acids is 1. The van der Waals surface area contributed by atoms with Crippen molar-refractivity contribution < 1.29 is 14.3 Å². The molecule has 1 N–H and O–H groups in total. The van der Waals surface area contributed by atoms with Crippen LogP contribution in [0, 0.1) is 12.8 Å². The van der Waals surface area contributed by atoms with Gasteiger partial charge in [-0.15, -0.1) is 11.6 Å². The molecule has 0 aliphatic heterocycles. The molecule has 4 nitrogen and oxygen atoms in total. The summed E-state index contributed by atoms with van der Waals surface area (Å²) in [6.45, 7) is 4.69. The summed E-state index contributed by atoms with van der Waals surface area (Å²) < 4.78 is 10.5. The Balaban J connectivity index is 2.78. The standard InChI is InChI=1S/C14H20ClNO3/c1-10-4-5-12(16-14(17)11(2)9-15)13(8-10)19-7-6-18-3/h4-5,8,11H,6-7,9H2,1-3H3,(H,16,17). The zero-order valence-corrected chi connectivity index (χ0v) is 12.3. The summed E-state index contributed by atoms with van der Waals surface area (Å²) in [5.41, 5.74) is 1.72. The third-order valence-corrected chi connectivity index (χ3v) is 3.08. The first-order chi connectivity index (χ1) is 9.08. The molecule has 1 unspecified atom stereocenters. The summed E-state index contributed by atoms with van der Waals surface area (Å²) in [5, 5.41) is 2.83. The van der Waals surface area contributed by atoms with Gasteiger partial charge < -0.3 is 14.8 Å². The van der Waals surface area contributed by atoms with E-state index in [1.807, 2.05) is 25.1 Å². The van der Waals surface area contributed by atoms with Gasteiger partial charge >= 0.3 is 0 Å². The average molecular weight is 286 g/mol. The number of aryl methyl sites for hydroxylation is 1. The Bertz CT molecular complexity index is 423. The first kappa shape index (κ1) is 15.8. The summed E-state index contributed by atoms with van der Waals surface area (Å²) in [6.07, 6.45) is 0. The topological polar surface area (TPSA) is 47.6 Å². The lowest BCUT2D eigenvalue weighted by atomic mass is 10.1. The van der Waals surface area contributed by atoms with Gasteiger partial charge in [0.05, 0.1) is 12.3 Å². The molecule has 0 saturated carbocycles. The van der Waals surface area contributed by atoms with Crippen molar-refractivity contribution in [2.75, 3.05) is 31.5 Å². The molecule has 5 heteroatoms. The van der Waals surface area contributed by atoms with Crippen molar-refractivity contribution in [2.45, 2.75) is 13.8 Å².